The predicted molar refractivity (Wildman–Crippen MR) is 173 cm³/mol. The van der Waals surface area contributed by atoms with Gasteiger partial charge in [-0.15, -0.1) is 0 Å². The summed E-state index contributed by atoms with van der Waals surface area (Å²) >= 11 is 0. The van der Waals surface area contributed by atoms with Crippen molar-refractivity contribution in [2.45, 2.75) is 39.2 Å². The first-order valence-electron chi connectivity index (χ1n) is 15.5. The van der Waals surface area contributed by atoms with Crippen molar-refractivity contribution in [3.63, 3.8) is 0 Å². The molecule has 0 bridgehead atoms. The molecule has 232 valence electrons. The van der Waals surface area contributed by atoms with Gasteiger partial charge in [0.05, 0.1) is 11.4 Å². The minimum absolute atomic E-state index is 0.0205. The van der Waals surface area contributed by atoms with Gasteiger partial charge in [-0.1, -0.05) is 63.2 Å². The molecule has 2 saturated heterocycles. The lowest BCUT2D eigenvalue weighted by molar-refractivity contribution is 0.0734. The Labute approximate surface area is 260 Å². The van der Waals surface area contributed by atoms with Gasteiger partial charge >= 0.3 is 6.09 Å². The van der Waals surface area contributed by atoms with Gasteiger partial charge in [-0.2, -0.15) is 0 Å². The number of rotatable bonds is 6. The molecule has 2 heterocycles. The van der Waals surface area contributed by atoms with E-state index in [0.29, 0.717) is 56.1 Å². The zero-order chi connectivity index (χ0) is 31.1. The molecule has 2 aliphatic rings. The second kappa shape index (κ2) is 13.9. The van der Waals surface area contributed by atoms with E-state index in [1.807, 2.05) is 76.5 Å². The average molecular weight is 598 g/mol. The van der Waals surface area contributed by atoms with Crippen molar-refractivity contribution in [1.82, 2.24) is 15.1 Å². The number of hydrogen-bond donors (Lipinski definition) is 2. The molecule has 0 aliphatic carbocycles. The predicted octanol–water partition coefficient (Wildman–Crippen LogP) is 5.13. The number of anilines is 2. The van der Waals surface area contributed by atoms with Gasteiger partial charge in [0.25, 0.3) is 11.8 Å². The molecule has 5 rings (SSSR count). The van der Waals surface area contributed by atoms with Gasteiger partial charge in [-0.3, -0.25) is 14.9 Å². The second-order valence-electron chi connectivity index (χ2n) is 12.4. The van der Waals surface area contributed by atoms with Crippen molar-refractivity contribution in [3.8, 4) is 0 Å². The summed E-state index contributed by atoms with van der Waals surface area (Å²) < 4.78 is 5.52. The number of piperazine rings is 1. The Hall–Kier alpha value is -4.37. The second-order valence-corrected chi connectivity index (χ2v) is 12.4. The molecule has 2 N–H and O–H groups in total. The number of nitrogens with one attached hydrogen (secondary N) is 2. The topological polar surface area (TPSA) is 94.2 Å². The number of amides is 3. The van der Waals surface area contributed by atoms with Gasteiger partial charge in [0.2, 0.25) is 0 Å². The van der Waals surface area contributed by atoms with Crippen LogP contribution in [0.1, 0.15) is 59.0 Å². The van der Waals surface area contributed by atoms with Crippen LogP contribution in [0.15, 0.2) is 72.8 Å². The third-order valence-corrected chi connectivity index (χ3v) is 8.22. The molecule has 9 heteroatoms. The first-order valence-corrected chi connectivity index (χ1v) is 15.5. The summed E-state index contributed by atoms with van der Waals surface area (Å²) in [7, 11) is 0. The Balaban J connectivity index is 1.32. The largest absolute Gasteiger partial charge is 0.444 e. The van der Waals surface area contributed by atoms with Crippen LogP contribution in [-0.2, 0) is 16.8 Å². The van der Waals surface area contributed by atoms with Crippen molar-refractivity contribution >= 4 is 29.3 Å². The SMILES string of the molecule is CC(C)(C)c1ccc(C(=O)N2CCCN(c3ccc(C(=O)N4CCNCC4)cc3NC(=O)OCc3ccccc3)CC2)cc1. The summed E-state index contributed by atoms with van der Waals surface area (Å²) in [5, 5.41) is 6.18. The molecule has 3 aromatic carbocycles. The summed E-state index contributed by atoms with van der Waals surface area (Å²) in [5.41, 5.74) is 4.61. The lowest BCUT2D eigenvalue weighted by Gasteiger charge is -2.29. The van der Waals surface area contributed by atoms with Crippen LogP contribution in [0.4, 0.5) is 16.2 Å². The summed E-state index contributed by atoms with van der Waals surface area (Å²) in [6, 6.07) is 22.9. The van der Waals surface area contributed by atoms with Crippen LogP contribution < -0.4 is 15.5 Å². The summed E-state index contributed by atoms with van der Waals surface area (Å²) in [4.78, 5) is 45.6. The van der Waals surface area contributed by atoms with E-state index in [1.54, 1.807) is 6.07 Å². The molecular weight excluding hydrogens is 554 g/mol. The first-order chi connectivity index (χ1) is 21.2. The van der Waals surface area contributed by atoms with Gasteiger partial charge in [0.1, 0.15) is 6.61 Å². The number of carbonyl (C=O) groups is 3. The zero-order valence-corrected chi connectivity index (χ0v) is 26.0. The van der Waals surface area contributed by atoms with Crippen molar-refractivity contribution < 1.29 is 19.1 Å². The van der Waals surface area contributed by atoms with Crippen LogP contribution in [0.25, 0.3) is 0 Å². The van der Waals surface area contributed by atoms with Crippen LogP contribution in [-0.4, -0.2) is 80.1 Å². The first kappa shape index (κ1) is 31.1. The fourth-order valence-corrected chi connectivity index (χ4v) is 5.62. The molecule has 0 aromatic heterocycles. The lowest BCUT2D eigenvalue weighted by atomic mass is 9.86. The van der Waals surface area contributed by atoms with Crippen LogP contribution in [0, 0.1) is 0 Å². The zero-order valence-electron chi connectivity index (χ0n) is 26.0. The van der Waals surface area contributed by atoms with E-state index < -0.39 is 6.09 Å². The van der Waals surface area contributed by atoms with E-state index in [4.69, 9.17) is 4.74 Å². The van der Waals surface area contributed by atoms with Gasteiger partial charge in [0.15, 0.2) is 0 Å². The molecule has 9 nitrogen and oxygen atoms in total. The quantitative estimate of drug-likeness (QED) is 0.409. The van der Waals surface area contributed by atoms with E-state index in [1.165, 1.54) is 5.56 Å². The smallest absolute Gasteiger partial charge is 0.412 e. The molecule has 3 aromatic rings. The van der Waals surface area contributed by atoms with Crippen LogP contribution in [0.3, 0.4) is 0 Å². The lowest BCUT2D eigenvalue weighted by Crippen LogP contribution is -2.46. The van der Waals surface area contributed by atoms with Gasteiger partial charge in [-0.25, -0.2) is 4.79 Å². The maximum Gasteiger partial charge on any atom is 0.412 e. The van der Waals surface area contributed by atoms with Crippen LogP contribution in [0.5, 0.6) is 0 Å². The highest BCUT2D eigenvalue weighted by Crippen LogP contribution is 2.30. The third-order valence-electron chi connectivity index (χ3n) is 8.22. The van der Waals surface area contributed by atoms with Crippen LogP contribution >= 0.6 is 0 Å². The summed E-state index contributed by atoms with van der Waals surface area (Å²) in [6.45, 7) is 11.9. The average Bonchev–Trinajstić information content (AvgIpc) is 3.30. The molecule has 44 heavy (non-hydrogen) atoms. The number of ether oxygens (including phenoxy) is 1. The van der Waals surface area contributed by atoms with Crippen molar-refractivity contribution in [1.29, 1.82) is 0 Å². The maximum absolute atomic E-state index is 13.4. The highest BCUT2D eigenvalue weighted by Gasteiger charge is 2.25. The Kier molecular flexibility index (Phi) is 9.85. The Bertz CT molecular complexity index is 1450. The minimum atomic E-state index is -0.591. The van der Waals surface area contributed by atoms with Crippen molar-refractivity contribution in [2.24, 2.45) is 0 Å². The number of carbonyl (C=O) groups excluding carboxylic acids is 3. The summed E-state index contributed by atoms with van der Waals surface area (Å²) in [6.07, 6.45) is 0.178. The van der Waals surface area contributed by atoms with Gasteiger partial charge < -0.3 is 24.8 Å². The van der Waals surface area contributed by atoms with E-state index >= 15 is 0 Å². The molecule has 2 aliphatic heterocycles. The van der Waals surface area contributed by atoms with Crippen molar-refractivity contribution in [3.05, 3.63) is 95.1 Å². The van der Waals surface area contributed by atoms with E-state index in [9.17, 15) is 14.4 Å². The Morgan fingerprint density at radius 2 is 1.43 bits per heavy atom. The molecule has 0 unspecified atom stereocenters. The molecule has 3 amide bonds. The third kappa shape index (κ3) is 7.77. The van der Waals surface area contributed by atoms with Gasteiger partial charge in [0, 0.05) is 63.5 Å². The summed E-state index contributed by atoms with van der Waals surface area (Å²) in [5.74, 6) is -0.0454. The Morgan fingerprint density at radius 3 is 2.14 bits per heavy atom. The molecule has 0 radical (unpaired) electrons. The monoisotopic (exact) mass is 597 g/mol. The number of nitrogens with zero attached hydrogens (tertiary/aromatic N) is 3. The fraction of sp³-hybridized carbons (Fsp3) is 0.400. The standard InChI is InChI=1S/C35H43N5O4/c1-35(2,3)29-13-10-27(11-14-29)32(41)39-19-7-18-38(22-23-39)31-15-12-28(33(42)40-20-16-36-17-21-40)24-30(31)37-34(43)44-25-26-8-5-4-6-9-26/h4-6,8-15,24,36H,7,16-23,25H2,1-3H3,(H,37,43). The number of hydrogen-bond acceptors (Lipinski definition) is 6. The molecule has 0 saturated carbocycles. The molecule has 2 fully saturated rings. The Morgan fingerprint density at radius 1 is 0.773 bits per heavy atom. The van der Waals surface area contributed by atoms with E-state index in [0.717, 1.165) is 30.8 Å². The maximum atomic E-state index is 13.4. The highest BCUT2D eigenvalue weighted by atomic mass is 16.5. The molecule has 0 atom stereocenters. The van der Waals surface area contributed by atoms with Crippen LogP contribution in [0.2, 0.25) is 0 Å². The highest BCUT2D eigenvalue weighted by molar-refractivity contribution is 5.99. The molecule has 0 spiro atoms. The normalized spacial score (nSPS) is 15.8. The fourth-order valence-electron chi connectivity index (χ4n) is 5.62. The minimum Gasteiger partial charge on any atom is -0.444 e. The van der Waals surface area contributed by atoms with E-state index in [2.05, 4.69) is 36.3 Å². The number of benzene rings is 3. The van der Waals surface area contributed by atoms with Crippen molar-refractivity contribution in [2.75, 3.05) is 62.6 Å². The van der Waals surface area contributed by atoms with Gasteiger partial charge in [-0.05, 0) is 53.3 Å². The van der Waals surface area contributed by atoms with E-state index in [-0.39, 0.29) is 23.8 Å². The molecular formula is C35H43N5O4.